The molecular formula is C13H14ClFN2S. The molecule has 0 amide bonds. The molecule has 96 valence electrons. The number of anilines is 2. The summed E-state index contributed by atoms with van der Waals surface area (Å²) in [5, 5.41) is 5.41. The van der Waals surface area contributed by atoms with Gasteiger partial charge in [-0.15, -0.1) is 11.3 Å². The Morgan fingerprint density at radius 3 is 2.89 bits per heavy atom. The van der Waals surface area contributed by atoms with Crippen molar-refractivity contribution in [2.75, 3.05) is 11.1 Å². The first-order valence-electron chi connectivity index (χ1n) is 5.66. The molecule has 1 unspecified atom stereocenters. The topological polar surface area (TPSA) is 38.0 Å². The minimum absolute atomic E-state index is 0.0766. The second kappa shape index (κ2) is 5.59. The molecule has 0 saturated heterocycles. The number of benzene rings is 1. The maximum Gasteiger partial charge on any atom is 0.143 e. The average molecular weight is 285 g/mol. The molecule has 0 aliphatic carbocycles. The van der Waals surface area contributed by atoms with Gasteiger partial charge in [0.25, 0.3) is 0 Å². The van der Waals surface area contributed by atoms with E-state index in [4.69, 9.17) is 17.3 Å². The van der Waals surface area contributed by atoms with Crippen molar-refractivity contribution in [2.45, 2.75) is 19.4 Å². The molecule has 1 atom stereocenters. The van der Waals surface area contributed by atoms with Gasteiger partial charge in [-0.1, -0.05) is 24.6 Å². The van der Waals surface area contributed by atoms with Gasteiger partial charge >= 0.3 is 0 Å². The van der Waals surface area contributed by atoms with Crippen LogP contribution in [0.25, 0.3) is 0 Å². The standard InChI is InChI=1S/C13H14ClFN2S/c1-2-11(13-4-3-5-18-13)17-12-6-8(14)9(15)7-10(12)16/h3-7,11,17H,2,16H2,1H3. The number of halogens is 2. The highest BCUT2D eigenvalue weighted by molar-refractivity contribution is 7.10. The third-order valence-electron chi connectivity index (χ3n) is 2.72. The maximum absolute atomic E-state index is 13.2. The van der Waals surface area contributed by atoms with Gasteiger partial charge in [0.15, 0.2) is 0 Å². The number of hydrogen-bond donors (Lipinski definition) is 2. The lowest BCUT2D eigenvalue weighted by atomic mass is 10.1. The van der Waals surface area contributed by atoms with Crippen LogP contribution in [0, 0.1) is 5.82 Å². The Bertz CT molecular complexity index is 528. The third-order valence-corrected chi connectivity index (χ3v) is 3.99. The van der Waals surface area contributed by atoms with Crippen LogP contribution < -0.4 is 11.1 Å². The van der Waals surface area contributed by atoms with Crippen molar-refractivity contribution in [3.63, 3.8) is 0 Å². The highest BCUT2D eigenvalue weighted by atomic mass is 35.5. The second-order valence-electron chi connectivity index (χ2n) is 3.97. The molecule has 3 N–H and O–H groups in total. The zero-order chi connectivity index (χ0) is 13.1. The molecule has 5 heteroatoms. The maximum atomic E-state index is 13.2. The molecule has 0 bridgehead atoms. The summed E-state index contributed by atoms with van der Waals surface area (Å²) in [6, 6.07) is 7.00. The molecule has 1 heterocycles. The number of thiophene rings is 1. The second-order valence-corrected chi connectivity index (χ2v) is 5.36. The zero-order valence-electron chi connectivity index (χ0n) is 9.91. The lowest BCUT2D eigenvalue weighted by Crippen LogP contribution is -2.10. The molecule has 18 heavy (non-hydrogen) atoms. The Morgan fingerprint density at radius 2 is 2.28 bits per heavy atom. The quantitative estimate of drug-likeness (QED) is 0.800. The van der Waals surface area contributed by atoms with Gasteiger partial charge in [0.1, 0.15) is 5.82 Å². The summed E-state index contributed by atoms with van der Waals surface area (Å²) in [4.78, 5) is 1.22. The summed E-state index contributed by atoms with van der Waals surface area (Å²) >= 11 is 7.45. The van der Waals surface area contributed by atoms with Crippen molar-refractivity contribution in [1.82, 2.24) is 0 Å². The minimum Gasteiger partial charge on any atom is -0.397 e. The van der Waals surface area contributed by atoms with E-state index < -0.39 is 5.82 Å². The predicted molar refractivity (Wildman–Crippen MR) is 76.8 cm³/mol. The Kier molecular flexibility index (Phi) is 4.09. The summed E-state index contributed by atoms with van der Waals surface area (Å²) in [5.74, 6) is -0.496. The van der Waals surface area contributed by atoms with Crippen molar-refractivity contribution in [3.8, 4) is 0 Å². The number of nitrogens with two attached hydrogens (primary N) is 1. The third kappa shape index (κ3) is 2.76. The molecule has 0 aliphatic heterocycles. The van der Waals surface area contributed by atoms with E-state index in [9.17, 15) is 4.39 Å². The molecule has 0 radical (unpaired) electrons. The molecule has 1 aromatic heterocycles. The van der Waals surface area contributed by atoms with Crippen LogP contribution in [0.5, 0.6) is 0 Å². The summed E-state index contributed by atoms with van der Waals surface area (Å²) in [7, 11) is 0. The molecule has 0 saturated carbocycles. The molecule has 2 rings (SSSR count). The van der Waals surface area contributed by atoms with Crippen LogP contribution in [-0.4, -0.2) is 0 Å². The first-order chi connectivity index (χ1) is 8.61. The fourth-order valence-electron chi connectivity index (χ4n) is 1.74. The van der Waals surface area contributed by atoms with E-state index in [2.05, 4.69) is 18.3 Å². The lowest BCUT2D eigenvalue weighted by molar-refractivity contribution is 0.629. The Labute approximate surface area is 115 Å². The van der Waals surface area contributed by atoms with Gasteiger partial charge < -0.3 is 11.1 Å². The van der Waals surface area contributed by atoms with Crippen LogP contribution in [0.4, 0.5) is 15.8 Å². The van der Waals surface area contributed by atoms with Gasteiger partial charge in [0.05, 0.1) is 22.4 Å². The molecule has 1 aromatic carbocycles. The average Bonchev–Trinajstić information content (AvgIpc) is 2.85. The van der Waals surface area contributed by atoms with Crippen molar-refractivity contribution in [3.05, 3.63) is 45.4 Å². The molecule has 0 spiro atoms. The van der Waals surface area contributed by atoms with E-state index in [0.29, 0.717) is 11.4 Å². The van der Waals surface area contributed by atoms with E-state index in [1.807, 2.05) is 11.4 Å². The van der Waals surface area contributed by atoms with Crippen LogP contribution in [0.1, 0.15) is 24.3 Å². The highest BCUT2D eigenvalue weighted by Crippen LogP contribution is 2.31. The minimum atomic E-state index is -0.496. The van der Waals surface area contributed by atoms with Gasteiger partial charge in [0.2, 0.25) is 0 Å². The normalized spacial score (nSPS) is 12.4. The van der Waals surface area contributed by atoms with E-state index in [1.54, 1.807) is 11.3 Å². The number of rotatable bonds is 4. The van der Waals surface area contributed by atoms with E-state index in [-0.39, 0.29) is 11.1 Å². The van der Waals surface area contributed by atoms with E-state index in [1.165, 1.54) is 17.0 Å². The SMILES string of the molecule is CCC(Nc1cc(Cl)c(F)cc1N)c1cccs1. The molecular weight excluding hydrogens is 271 g/mol. The fourth-order valence-corrected chi connectivity index (χ4v) is 2.76. The van der Waals surface area contributed by atoms with Gasteiger partial charge in [0, 0.05) is 10.9 Å². The Hall–Kier alpha value is -1.26. The van der Waals surface area contributed by atoms with Crippen LogP contribution in [0.2, 0.25) is 5.02 Å². The summed E-state index contributed by atoms with van der Waals surface area (Å²) in [6.07, 6.45) is 0.912. The van der Waals surface area contributed by atoms with Gasteiger partial charge in [-0.05, 0) is 23.9 Å². The zero-order valence-corrected chi connectivity index (χ0v) is 11.5. The molecule has 0 fully saturated rings. The van der Waals surface area contributed by atoms with Crippen LogP contribution in [0.3, 0.4) is 0 Å². The monoisotopic (exact) mass is 284 g/mol. The Morgan fingerprint density at radius 1 is 1.50 bits per heavy atom. The molecule has 2 aromatic rings. The van der Waals surface area contributed by atoms with Crippen molar-refractivity contribution >= 4 is 34.3 Å². The van der Waals surface area contributed by atoms with Crippen molar-refractivity contribution < 1.29 is 4.39 Å². The summed E-state index contributed by atoms with van der Waals surface area (Å²) in [5.41, 5.74) is 6.82. The van der Waals surface area contributed by atoms with Gasteiger partial charge in [-0.2, -0.15) is 0 Å². The number of nitrogens with one attached hydrogen (secondary N) is 1. The summed E-state index contributed by atoms with van der Waals surface area (Å²) < 4.78 is 13.2. The number of hydrogen-bond acceptors (Lipinski definition) is 3. The first kappa shape index (κ1) is 13.2. The summed E-state index contributed by atoms with van der Waals surface area (Å²) in [6.45, 7) is 2.08. The highest BCUT2D eigenvalue weighted by Gasteiger charge is 2.13. The smallest absolute Gasteiger partial charge is 0.143 e. The number of nitrogen functional groups attached to an aromatic ring is 1. The van der Waals surface area contributed by atoms with E-state index >= 15 is 0 Å². The first-order valence-corrected chi connectivity index (χ1v) is 6.92. The van der Waals surface area contributed by atoms with E-state index in [0.717, 1.165) is 6.42 Å². The van der Waals surface area contributed by atoms with Gasteiger partial charge in [-0.25, -0.2) is 4.39 Å². The van der Waals surface area contributed by atoms with Gasteiger partial charge in [-0.3, -0.25) is 0 Å². The van der Waals surface area contributed by atoms with Crippen molar-refractivity contribution in [2.24, 2.45) is 0 Å². The van der Waals surface area contributed by atoms with Crippen molar-refractivity contribution in [1.29, 1.82) is 0 Å². The predicted octanol–water partition coefficient (Wildman–Crippen LogP) is 4.69. The molecule has 2 nitrogen and oxygen atoms in total. The van der Waals surface area contributed by atoms with Crippen LogP contribution in [-0.2, 0) is 0 Å². The van der Waals surface area contributed by atoms with Crippen LogP contribution in [0.15, 0.2) is 29.6 Å². The molecule has 0 aliphatic rings. The lowest BCUT2D eigenvalue weighted by Gasteiger charge is -2.18. The largest absolute Gasteiger partial charge is 0.397 e. The Balaban J connectivity index is 2.25. The van der Waals surface area contributed by atoms with Crippen LogP contribution >= 0.6 is 22.9 Å². The fraction of sp³-hybridized carbons (Fsp3) is 0.231.